The van der Waals surface area contributed by atoms with Crippen molar-refractivity contribution < 1.29 is 0 Å². The third kappa shape index (κ3) is 1.37. The zero-order valence-corrected chi connectivity index (χ0v) is 8.49. The van der Waals surface area contributed by atoms with E-state index in [9.17, 15) is 0 Å². The lowest BCUT2D eigenvalue weighted by atomic mass is 10.3. The first-order valence-electron chi connectivity index (χ1n) is 4.80. The number of rotatable bonds is 2. The highest BCUT2D eigenvalue weighted by Crippen LogP contribution is 2.09. The van der Waals surface area contributed by atoms with E-state index in [0.717, 1.165) is 29.1 Å². The molecule has 0 aliphatic carbocycles. The van der Waals surface area contributed by atoms with Crippen molar-refractivity contribution in [3.05, 3.63) is 29.2 Å². The molecule has 0 bridgehead atoms. The molecule has 0 saturated carbocycles. The molecule has 4 heteroatoms. The van der Waals surface area contributed by atoms with Crippen molar-refractivity contribution >= 4 is 5.65 Å². The van der Waals surface area contributed by atoms with Gasteiger partial charge >= 0.3 is 0 Å². The van der Waals surface area contributed by atoms with Gasteiger partial charge in [0.25, 0.3) is 0 Å². The maximum absolute atomic E-state index is 5.65. The Labute approximate surface area is 82.8 Å². The number of aryl methyl sites for hydroxylation is 2. The number of hydrogen-bond acceptors (Lipinski definition) is 3. The van der Waals surface area contributed by atoms with Crippen molar-refractivity contribution in [1.82, 2.24) is 14.6 Å². The van der Waals surface area contributed by atoms with Crippen LogP contribution in [-0.2, 0) is 13.0 Å². The van der Waals surface area contributed by atoms with Crippen molar-refractivity contribution in [2.75, 3.05) is 0 Å². The van der Waals surface area contributed by atoms with Gasteiger partial charge in [-0.3, -0.25) is 0 Å². The topological polar surface area (TPSA) is 56.2 Å². The van der Waals surface area contributed by atoms with Crippen LogP contribution in [0.15, 0.2) is 12.1 Å². The first kappa shape index (κ1) is 9.15. The van der Waals surface area contributed by atoms with Gasteiger partial charge in [-0.1, -0.05) is 6.92 Å². The fraction of sp³-hybridized carbons (Fsp3) is 0.400. The summed E-state index contributed by atoms with van der Waals surface area (Å²) in [6, 6.07) is 3.98. The standard InChI is InChI=1S/C10H14N4/c1-3-8-5-10-12-7(2)4-9(6-11)14(10)13-8/h4-5H,3,6,11H2,1-2H3. The quantitative estimate of drug-likeness (QED) is 0.770. The van der Waals surface area contributed by atoms with Crippen molar-refractivity contribution in [2.45, 2.75) is 26.8 Å². The van der Waals surface area contributed by atoms with Crippen molar-refractivity contribution in [1.29, 1.82) is 0 Å². The minimum Gasteiger partial charge on any atom is -0.325 e. The molecular weight excluding hydrogens is 176 g/mol. The summed E-state index contributed by atoms with van der Waals surface area (Å²) in [6.07, 6.45) is 0.923. The van der Waals surface area contributed by atoms with Crippen molar-refractivity contribution in [2.24, 2.45) is 5.73 Å². The van der Waals surface area contributed by atoms with E-state index in [1.807, 2.05) is 23.6 Å². The van der Waals surface area contributed by atoms with Crippen molar-refractivity contribution in [3.63, 3.8) is 0 Å². The normalized spacial score (nSPS) is 11.1. The monoisotopic (exact) mass is 190 g/mol. The summed E-state index contributed by atoms with van der Waals surface area (Å²) in [5.74, 6) is 0. The van der Waals surface area contributed by atoms with Crippen LogP contribution in [0.25, 0.3) is 5.65 Å². The molecule has 2 rings (SSSR count). The van der Waals surface area contributed by atoms with E-state index in [1.165, 1.54) is 0 Å². The first-order chi connectivity index (χ1) is 6.74. The van der Waals surface area contributed by atoms with Gasteiger partial charge in [0, 0.05) is 18.3 Å². The molecule has 74 valence electrons. The molecule has 0 amide bonds. The maximum Gasteiger partial charge on any atom is 0.155 e. The molecular formula is C10H14N4. The molecule has 2 aromatic heterocycles. The number of nitrogens with two attached hydrogens (primary N) is 1. The highest BCUT2D eigenvalue weighted by atomic mass is 15.3. The molecule has 0 unspecified atom stereocenters. The van der Waals surface area contributed by atoms with Crippen LogP contribution in [0.1, 0.15) is 24.0 Å². The lowest BCUT2D eigenvalue weighted by molar-refractivity contribution is 0.807. The van der Waals surface area contributed by atoms with Gasteiger partial charge in [0.1, 0.15) is 0 Å². The van der Waals surface area contributed by atoms with Gasteiger partial charge in [0.2, 0.25) is 0 Å². The van der Waals surface area contributed by atoms with E-state index < -0.39 is 0 Å². The summed E-state index contributed by atoms with van der Waals surface area (Å²) in [7, 11) is 0. The first-order valence-corrected chi connectivity index (χ1v) is 4.80. The summed E-state index contributed by atoms with van der Waals surface area (Å²) in [4.78, 5) is 4.40. The van der Waals surface area contributed by atoms with Crippen LogP contribution in [0.3, 0.4) is 0 Å². The Kier molecular flexibility index (Phi) is 2.21. The van der Waals surface area contributed by atoms with E-state index in [0.29, 0.717) is 6.54 Å². The Hall–Kier alpha value is -1.42. The lowest BCUT2D eigenvalue weighted by Crippen LogP contribution is -2.07. The summed E-state index contributed by atoms with van der Waals surface area (Å²) in [5, 5.41) is 4.42. The number of fused-ring (bicyclic) bond motifs is 1. The second-order valence-corrected chi connectivity index (χ2v) is 3.35. The summed E-state index contributed by atoms with van der Waals surface area (Å²) < 4.78 is 1.83. The van der Waals surface area contributed by atoms with Crippen LogP contribution in [-0.4, -0.2) is 14.6 Å². The van der Waals surface area contributed by atoms with Gasteiger partial charge in [-0.05, 0) is 19.4 Å². The summed E-state index contributed by atoms with van der Waals surface area (Å²) >= 11 is 0. The molecule has 0 radical (unpaired) electrons. The summed E-state index contributed by atoms with van der Waals surface area (Å²) in [6.45, 7) is 4.54. The lowest BCUT2D eigenvalue weighted by Gasteiger charge is -2.02. The third-order valence-corrected chi connectivity index (χ3v) is 2.25. The minimum absolute atomic E-state index is 0.491. The molecule has 0 aromatic carbocycles. The minimum atomic E-state index is 0.491. The van der Waals surface area contributed by atoms with Gasteiger partial charge < -0.3 is 5.73 Å². The SMILES string of the molecule is CCc1cc2nc(C)cc(CN)n2n1. The molecule has 0 atom stereocenters. The molecule has 4 nitrogen and oxygen atoms in total. The zero-order chi connectivity index (χ0) is 10.1. The average Bonchev–Trinajstić information content (AvgIpc) is 2.59. The number of nitrogens with zero attached hydrogens (tertiary/aromatic N) is 3. The van der Waals surface area contributed by atoms with E-state index in [4.69, 9.17) is 5.73 Å². The second kappa shape index (κ2) is 3.38. The highest BCUT2D eigenvalue weighted by Gasteiger charge is 2.05. The van der Waals surface area contributed by atoms with Gasteiger partial charge in [-0.15, -0.1) is 0 Å². The largest absolute Gasteiger partial charge is 0.325 e. The van der Waals surface area contributed by atoms with Crippen LogP contribution >= 0.6 is 0 Å². The average molecular weight is 190 g/mol. The molecule has 0 saturated heterocycles. The van der Waals surface area contributed by atoms with Gasteiger partial charge in [-0.25, -0.2) is 9.50 Å². The maximum atomic E-state index is 5.65. The zero-order valence-electron chi connectivity index (χ0n) is 8.49. The molecule has 0 aliphatic heterocycles. The number of hydrogen-bond donors (Lipinski definition) is 1. The Morgan fingerprint density at radius 3 is 2.86 bits per heavy atom. The molecule has 2 aromatic rings. The molecule has 0 aliphatic rings. The third-order valence-electron chi connectivity index (χ3n) is 2.25. The van der Waals surface area contributed by atoms with Crippen LogP contribution in [0.5, 0.6) is 0 Å². The molecule has 0 fully saturated rings. The van der Waals surface area contributed by atoms with Crippen LogP contribution in [0.2, 0.25) is 0 Å². The summed E-state index contributed by atoms with van der Waals surface area (Å²) in [5.41, 5.74) is 9.58. The van der Waals surface area contributed by atoms with Gasteiger partial charge in [0.05, 0.1) is 11.4 Å². The van der Waals surface area contributed by atoms with Crippen LogP contribution in [0, 0.1) is 6.92 Å². The molecule has 2 N–H and O–H groups in total. The Bertz CT molecular complexity index is 458. The van der Waals surface area contributed by atoms with Crippen molar-refractivity contribution in [3.8, 4) is 0 Å². The fourth-order valence-electron chi connectivity index (χ4n) is 1.54. The van der Waals surface area contributed by atoms with E-state index >= 15 is 0 Å². The van der Waals surface area contributed by atoms with E-state index in [1.54, 1.807) is 0 Å². The highest BCUT2D eigenvalue weighted by molar-refractivity contribution is 5.41. The van der Waals surface area contributed by atoms with E-state index in [2.05, 4.69) is 17.0 Å². The van der Waals surface area contributed by atoms with Gasteiger partial charge in [0.15, 0.2) is 5.65 Å². The molecule has 2 heterocycles. The van der Waals surface area contributed by atoms with Gasteiger partial charge in [-0.2, -0.15) is 5.10 Å². The Balaban J connectivity index is 2.71. The van der Waals surface area contributed by atoms with Crippen LogP contribution < -0.4 is 5.73 Å². The Morgan fingerprint density at radius 2 is 2.21 bits per heavy atom. The Morgan fingerprint density at radius 1 is 1.43 bits per heavy atom. The second-order valence-electron chi connectivity index (χ2n) is 3.35. The fourth-order valence-corrected chi connectivity index (χ4v) is 1.54. The predicted molar refractivity (Wildman–Crippen MR) is 55.0 cm³/mol. The number of aromatic nitrogens is 3. The predicted octanol–water partition coefficient (Wildman–Crippen LogP) is 1.06. The van der Waals surface area contributed by atoms with E-state index in [-0.39, 0.29) is 0 Å². The molecule has 0 spiro atoms. The molecule has 14 heavy (non-hydrogen) atoms. The van der Waals surface area contributed by atoms with Crippen LogP contribution in [0.4, 0.5) is 0 Å². The smallest absolute Gasteiger partial charge is 0.155 e.